The van der Waals surface area contributed by atoms with Crippen molar-refractivity contribution in [2.45, 2.75) is 32.1 Å². The summed E-state index contributed by atoms with van der Waals surface area (Å²) in [5.74, 6) is -0.738. The Hall–Kier alpha value is -3.78. The van der Waals surface area contributed by atoms with Crippen LogP contribution >= 0.6 is 11.3 Å². The molecule has 37 heavy (non-hydrogen) atoms. The Balaban J connectivity index is 1.85. The van der Waals surface area contributed by atoms with E-state index in [0.29, 0.717) is 15.9 Å². The number of aliphatic hydroxyl groups excluding tert-OH is 1. The van der Waals surface area contributed by atoms with E-state index in [1.165, 1.54) is 31.2 Å². The van der Waals surface area contributed by atoms with Gasteiger partial charge in [0.2, 0.25) is 0 Å². The summed E-state index contributed by atoms with van der Waals surface area (Å²) in [5.41, 5.74) is -1.76. The van der Waals surface area contributed by atoms with E-state index in [1.807, 2.05) is 4.98 Å². The number of aryl methyl sites for hydroxylation is 1. The number of nitrogens with one attached hydrogen (secondary N) is 1. The lowest BCUT2D eigenvalue weighted by molar-refractivity contribution is -0.275. The van der Waals surface area contributed by atoms with Gasteiger partial charge >= 0.3 is 18.2 Å². The van der Waals surface area contributed by atoms with E-state index < -0.39 is 42.2 Å². The van der Waals surface area contributed by atoms with Crippen molar-refractivity contribution in [3.63, 3.8) is 0 Å². The fourth-order valence-electron chi connectivity index (χ4n) is 3.55. The Morgan fingerprint density at radius 3 is 2.32 bits per heavy atom. The lowest BCUT2D eigenvalue weighted by Crippen LogP contribution is -2.38. The normalized spacial score (nSPS) is 13.1. The van der Waals surface area contributed by atoms with E-state index in [-0.39, 0.29) is 37.7 Å². The number of hydrogen-bond acceptors (Lipinski definition) is 6. The molecule has 1 atom stereocenters. The van der Waals surface area contributed by atoms with Crippen molar-refractivity contribution in [1.29, 1.82) is 0 Å². The van der Waals surface area contributed by atoms with Crippen LogP contribution in [-0.2, 0) is 6.54 Å². The molecule has 0 saturated carbocycles. The van der Waals surface area contributed by atoms with Gasteiger partial charge in [-0.15, -0.1) is 24.5 Å². The second-order valence-corrected chi connectivity index (χ2v) is 8.79. The molecule has 0 amide bonds. The molecule has 0 radical (unpaired) electrons. The molecule has 7 nitrogen and oxygen atoms in total. The number of para-hydroxylation sites is 1. The van der Waals surface area contributed by atoms with Crippen LogP contribution < -0.4 is 20.7 Å². The SMILES string of the molecule is Cc1c(-c2ccc(Oc3ccccc3)c(OC(F)(F)F)c2)sc2c1c(=O)[nH]c(=O)n2CC(O)C(F)(F)F. The van der Waals surface area contributed by atoms with Gasteiger partial charge in [-0.25, -0.2) is 4.79 Å². The Bertz CT molecular complexity index is 1560. The number of aromatic nitrogens is 2. The molecule has 196 valence electrons. The topological polar surface area (TPSA) is 93.5 Å². The minimum absolute atomic E-state index is 0.119. The van der Waals surface area contributed by atoms with Gasteiger partial charge in [-0.3, -0.25) is 14.3 Å². The van der Waals surface area contributed by atoms with Gasteiger partial charge in [0.25, 0.3) is 5.56 Å². The molecule has 2 heterocycles. The average molecular weight is 546 g/mol. The smallest absolute Gasteiger partial charge is 0.453 e. The molecule has 0 spiro atoms. The van der Waals surface area contributed by atoms with Crippen LogP contribution in [0.25, 0.3) is 20.7 Å². The van der Waals surface area contributed by atoms with E-state index in [2.05, 4.69) is 4.74 Å². The van der Waals surface area contributed by atoms with Crippen molar-refractivity contribution in [1.82, 2.24) is 9.55 Å². The molecule has 2 aromatic carbocycles. The zero-order chi connectivity index (χ0) is 27.1. The van der Waals surface area contributed by atoms with Crippen LogP contribution in [0, 0.1) is 6.92 Å². The molecule has 14 heteroatoms. The molecule has 0 saturated heterocycles. The van der Waals surface area contributed by atoms with Gasteiger partial charge in [-0.1, -0.05) is 18.2 Å². The molecule has 0 aliphatic carbocycles. The molecule has 0 bridgehead atoms. The molecular formula is C23H16F6N2O5S. The van der Waals surface area contributed by atoms with Gasteiger partial charge in [-0.05, 0) is 48.4 Å². The van der Waals surface area contributed by atoms with Gasteiger partial charge in [0.15, 0.2) is 17.6 Å². The third-order valence-corrected chi connectivity index (χ3v) is 6.57. The third-order valence-electron chi connectivity index (χ3n) is 5.20. The molecule has 0 fully saturated rings. The molecule has 1 unspecified atom stereocenters. The fourth-order valence-corrected chi connectivity index (χ4v) is 4.86. The summed E-state index contributed by atoms with van der Waals surface area (Å²) < 4.78 is 88.4. The minimum atomic E-state index is -5.08. The van der Waals surface area contributed by atoms with Crippen LogP contribution in [0.3, 0.4) is 0 Å². The summed E-state index contributed by atoms with van der Waals surface area (Å²) in [6.45, 7) is 0.234. The summed E-state index contributed by atoms with van der Waals surface area (Å²) in [6, 6.07) is 11.5. The van der Waals surface area contributed by atoms with Crippen molar-refractivity contribution in [3.05, 3.63) is 74.9 Å². The Morgan fingerprint density at radius 1 is 1.03 bits per heavy atom. The summed E-state index contributed by atoms with van der Waals surface area (Å²) in [6.07, 6.45) is -13.0. The predicted molar refractivity (Wildman–Crippen MR) is 122 cm³/mol. The molecule has 2 N–H and O–H groups in total. The van der Waals surface area contributed by atoms with Crippen LogP contribution in [0.1, 0.15) is 5.56 Å². The number of benzene rings is 2. The number of alkyl halides is 6. The largest absolute Gasteiger partial charge is 0.573 e. The highest BCUT2D eigenvalue weighted by Crippen LogP contribution is 2.42. The van der Waals surface area contributed by atoms with Crippen molar-refractivity contribution in [3.8, 4) is 27.7 Å². The van der Waals surface area contributed by atoms with E-state index in [9.17, 15) is 41.0 Å². The number of fused-ring (bicyclic) bond motifs is 1. The Labute approximate surface area is 207 Å². The van der Waals surface area contributed by atoms with Crippen molar-refractivity contribution < 1.29 is 40.9 Å². The van der Waals surface area contributed by atoms with Crippen LogP contribution in [0.2, 0.25) is 0 Å². The first-order chi connectivity index (χ1) is 17.2. The van der Waals surface area contributed by atoms with Gasteiger partial charge < -0.3 is 14.6 Å². The fraction of sp³-hybridized carbons (Fsp3) is 0.217. The first-order valence-corrected chi connectivity index (χ1v) is 11.2. The van der Waals surface area contributed by atoms with Crippen molar-refractivity contribution in [2.24, 2.45) is 0 Å². The molecule has 4 rings (SSSR count). The molecule has 2 aromatic heterocycles. The first-order valence-electron chi connectivity index (χ1n) is 10.4. The van der Waals surface area contributed by atoms with Crippen LogP contribution in [0.15, 0.2) is 58.1 Å². The number of halogens is 6. The zero-order valence-electron chi connectivity index (χ0n) is 18.6. The van der Waals surface area contributed by atoms with E-state index >= 15 is 0 Å². The van der Waals surface area contributed by atoms with Gasteiger partial charge in [0, 0.05) is 4.88 Å². The van der Waals surface area contributed by atoms with Crippen LogP contribution in [0.4, 0.5) is 26.3 Å². The monoisotopic (exact) mass is 546 g/mol. The molecular weight excluding hydrogens is 530 g/mol. The number of nitrogens with zero attached hydrogens (tertiary/aromatic N) is 1. The molecule has 0 aliphatic heterocycles. The van der Waals surface area contributed by atoms with E-state index in [1.54, 1.807) is 18.2 Å². The van der Waals surface area contributed by atoms with Crippen LogP contribution in [0.5, 0.6) is 17.2 Å². The summed E-state index contributed by atoms with van der Waals surface area (Å²) in [4.78, 5) is 26.7. The Morgan fingerprint density at radius 2 is 1.70 bits per heavy atom. The summed E-state index contributed by atoms with van der Waals surface area (Å²) >= 11 is 0.708. The molecule has 0 aliphatic rings. The number of aliphatic hydroxyl groups is 1. The van der Waals surface area contributed by atoms with E-state index in [0.717, 1.165) is 6.07 Å². The Kier molecular flexibility index (Phi) is 6.81. The van der Waals surface area contributed by atoms with Crippen molar-refractivity contribution >= 4 is 21.6 Å². The predicted octanol–water partition coefficient (Wildman–Crippen LogP) is 5.34. The highest BCUT2D eigenvalue weighted by molar-refractivity contribution is 7.22. The van der Waals surface area contributed by atoms with Gasteiger partial charge in [0.1, 0.15) is 10.6 Å². The summed E-state index contributed by atoms with van der Waals surface area (Å²) in [5, 5.41) is 9.33. The summed E-state index contributed by atoms with van der Waals surface area (Å²) in [7, 11) is 0. The lowest BCUT2D eigenvalue weighted by atomic mass is 10.1. The second kappa shape index (κ2) is 9.59. The number of H-pyrrole nitrogens is 1. The van der Waals surface area contributed by atoms with Crippen LogP contribution in [-0.4, -0.2) is 33.3 Å². The average Bonchev–Trinajstić information content (AvgIpc) is 3.14. The number of thiophene rings is 1. The zero-order valence-corrected chi connectivity index (χ0v) is 19.4. The number of rotatable bonds is 6. The lowest BCUT2D eigenvalue weighted by Gasteiger charge is -2.16. The third kappa shape index (κ3) is 5.64. The highest BCUT2D eigenvalue weighted by Gasteiger charge is 2.39. The maximum atomic E-state index is 13.1. The van der Waals surface area contributed by atoms with Crippen molar-refractivity contribution in [2.75, 3.05) is 0 Å². The van der Waals surface area contributed by atoms with Gasteiger partial charge in [-0.2, -0.15) is 13.2 Å². The van der Waals surface area contributed by atoms with E-state index in [4.69, 9.17) is 4.74 Å². The maximum absolute atomic E-state index is 13.1. The maximum Gasteiger partial charge on any atom is 0.573 e. The number of aromatic amines is 1. The molecule has 4 aromatic rings. The number of hydrogen-bond donors (Lipinski definition) is 2. The standard InChI is InChI=1S/C23H16F6N2O5S/c1-11-17-19(33)30-21(34)31(10-16(32)22(24,25)26)20(17)37-18(11)12-7-8-14(15(9-12)36-23(27,28)29)35-13-5-3-2-4-6-13/h2-9,16,32H,10H2,1H3,(H,30,33,34). The quantitative estimate of drug-likeness (QED) is 0.319. The highest BCUT2D eigenvalue weighted by atomic mass is 32.1. The minimum Gasteiger partial charge on any atom is -0.453 e. The first kappa shape index (κ1) is 26.3. The number of ether oxygens (including phenoxy) is 2. The van der Waals surface area contributed by atoms with Gasteiger partial charge in [0.05, 0.1) is 11.9 Å². The second-order valence-electron chi connectivity index (χ2n) is 7.79.